The van der Waals surface area contributed by atoms with Crippen LogP contribution in [0, 0.1) is 0 Å². The van der Waals surface area contributed by atoms with E-state index in [1.54, 1.807) is 6.92 Å². The maximum atomic E-state index is 11.4. The first kappa shape index (κ1) is 14.1. The lowest BCUT2D eigenvalue weighted by atomic mass is 10.0. The van der Waals surface area contributed by atoms with Gasteiger partial charge in [-0.05, 0) is 20.9 Å². The minimum absolute atomic E-state index is 0.0352. The number of sulfone groups is 1. The lowest BCUT2D eigenvalue weighted by molar-refractivity contribution is 0.333. The van der Waals surface area contributed by atoms with Gasteiger partial charge in [0.25, 0.3) is 0 Å². The van der Waals surface area contributed by atoms with Gasteiger partial charge in [0, 0.05) is 12.3 Å². The van der Waals surface area contributed by atoms with E-state index in [1.807, 2.05) is 20.9 Å². The van der Waals surface area contributed by atoms with Crippen LogP contribution < -0.4 is 5.32 Å². The van der Waals surface area contributed by atoms with Crippen molar-refractivity contribution in [3.05, 3.63) is 11.7 Å². The summed E-state index contributed by atoms with van der Waals surface area (Å²) < 4.78 is 27.8. The summed E-state index contributed by atoms with van der Waals surface area (Å²) in [5.41, 5.74) is 0. The third kappa shape index (κ3) is 3.26. The molecule has 0 fully saturated rings. The largest absolute Gasteiger partial charge is 0.339 e. The van der Waals surface area contributed by atoms with Gasteiger partial charge in [-0.15, -0.1) is 0 Å². The predicted molar refractivity (Wildman–Crippen MR) is 64.5 cm³/mol. The number of hydrogen-bond donors (Lipinski definition) is 1. The SMILES string of the molecule is CNC(C)C(C)c1nc(C(C)S(C)(=O)=O)no1. The maximum Gasteiger partial charge on any atom is 0.231 e. The first-order valence-corrected chi connectivity index (χ1v) is 7.42. The molecule has 0 spiro atoms. The zero-order valence-electron chi connectivity index (χ0n) is 10.8. The fourth-order valence-corrected chi connectivity index (χ4v) is 1.73. The molecule has 1 aromatic rings. The summed E-state index contributed by atoms with van der Waals surface area (Å²) in [5, 5.41) is 6.07. The van der Waals surface area contributed by atoms with Crippen molar-refractivity contribution in [2.24, 2.45) is 0 Å². The van der Waals surface area contributed by atoms with E-state index < -0.39 is 15.1 Å². The molecule has 1 aromatic heterocycles. The average Bonchev–Trinajstić information content (AvgIpc) is 2.73. The molecule has 0 aliphatic carbocycles. The van der Waals surface area contributed by atoms with Crippen LogP contribution in [-0.2, 0) is 9.84 Å². The number of rotatable bonds is 5. The van der Waals surface area contributed by atoms with Crippen LogP contribution in [0.15, 0.2) is 4.52 Å². The number of nitrogens with one attached hydrogen (secondary N) is 1. The summed E-state index contributed by atoms with van der Waals surface area (Å²) in [4.78, 5) is 4.15. The molecule has 0 aliphatic heterocycles. The summed E-state index contributed by atoms with van der Waals surface area (Å²) >= 11 is 0. The van der Waals surface area contributed by atoms with Crippen molar-refractivity contribution in [3.8, 4) is 0 Å². The van der Waals surface area contributed by atoms with Crippen LogP contribution in [0.25, 0.3) is 0 Å². The molecule has 7 heteroatoms. The zero-order valence-corrected chi connectivity index (χ0v) is 11.6. The van der Waals surface area contributed by atoms with Gasteiger partial charge in [-0.25, -0.2) is 8.42 Å². The Bertz CT molecular complexity index is 469. The number of aromatic nitrogens is 2. The normalized spacial score (nSPS) is 17.7. The molecule has 0 saturated carbocycles. The van der Waals surface area contributed by atoms with Crippen LogP contribution in [0.2, 0.25) is 0 Å². The van der Waals surface area contributed by atoms with E-state index >= 15 is 0 Å². The first-order valence-electron chi connectivity index (χ1n) is 5.47. The maximum absolute atomic E-state index is 11.4. The van der Waals surface area contributed by atoms with Gasteiger partial charge in [-0.2, -0.15) is 4.98 Å². The summed E-state index contributed by atoms with van der Waals surface area (Å²) in [7, 11) is -1.35. The molecule has 6 nitrogen and oxygen atoms in total. The van der Waals surface area contributed by atoms with Crippen molar-refractivity contribution in [1.29, 1.82) is 0 Å². The van der Waals surface area contributed by atoms with Gasteiger partial charge in [-0.1, -0.05) is 12.1 Å². The Morgan fingerprint density at radius 1 is 1.29 bits per heavy atom. The highest BCUT2D eigenvalue weighted by Crippen LogP contribution is 2.22. The van der Waals surface area contributed by atoms with E-state index in [1.165, 1.54) is 0 Å². The Labute approximate surface area is 102 Å². The van der Waals surface area contributed by atoms with Gasteiger partial charge >= 0.3 is 0 Å². The standard InChI is InChI=1S/C10H19N3O3S/c1-6(7(2)11-4)10-12-9(13-16-10)8(3)17(5,14)15/h6-8,11H,1-5H3. The monoisotopic (exact) mass is 261 g/mol. The van der Waals surface area contributed by atoms with Crippen LogP contribution in [0.3, 0.4) is 0 Å². The third-order valence-electron chi connectivity index (χ3n) is 3.06. The van der Waals surface area contributed by atoms with E-state index in [2.05, 4.69) is 15.5 Å². The third-order valence-corrected chi connectivity index (χ3v) is 4.55. The topological polar surface area (TPSA) is 85.1 Å². The molecule has 0 aromatic carbocycles. The Morgan fingerprint density at radius 2 is 1.88 bits per heavy atom. The molecule has 0 saturated heterocycles. The molecule has 0 amide bonds. The van der Waals surface area contributed by atoms with Crippen LogP contribution >= 0.6 is 0 Å². The number of nitrogens with zero attached hydrogens (tertiary/aromatic N) is 2. The smallest absolute Gasteiger partial charge is 0.231 e. The fourth-order valence-electron chi connectivity index (χ4n) is 1.25. The van der Waals surface area contributed by atoms with Crippen molar-refractivity contribution in [2.45, 2.75) is 38.0 Å². The van der Waals surface area contributed by atoms with E-state index in [9.17, 15) is 8.42 Å². The first-order chi connectivity index (χ1) is 7.77. The lowest BCUT2D eigenvalue weighted by Gasteiger charge is -2.14. The second kappa shape index (κ2) is 5.14. The minimum Gasteiger partial charge on any atom is -0.339 e. The molecule has 1 N–H and O–H groups in total. The second-order valence-corrected chi connectivity index (χ2v) is 6.69. The summed E-state index contributed by atoms with van der Waals surface area (Å²) in [5.74, 6) is 0.711. The summed E-state index contributed by atoms with van der Waals surface area (Å²) in [6.45, 7) is 5.49. The lowest BCUT2D eigenvalue weighted by Crippen LogP contribution is -2.27. The van der Waals surface area contributed by atoms with E-state index in [0.29, 0.717) is 5.89 Å². The fraction of sp³-hybridized carbons (Fsp3) is 0.800. The highest BCUT2D eigenvalue weighted by molar-refractivity contribution is 7.90. The van der Waals surface area contributed by atoms with Crippen molar-refractivity contribution in [2.75, 3.05) is 13.3 Å². The van der Waals surface area contributed by atoms with Crippen LogP contribution in [0.1, 0.15) is 43.7 Å². The highest BCUT2D eigenvalue weighted by atomic mass is 32.2. The van der Waals surface area contributed by atoms with E-state index in [4.69, 9.17) is 4.52 Å². The van der Waals surface area contributed by atoms with Gasteiger partial charge in [-0.3, -0.25) is 0 Å². The molecule has 3 atom stereocenters. The number of likely N-dealkylation sites (N-methyl/N-ethyl adjacent to an activating group) is 1. The Hall–Kier alpha value is -0.950. The van der Waals surface area contributed by atoms with Crippen molar-refractivity contribution >= 4 is 9.84 Å². The van der Waals surface area contributed by atoms with E-state index in [0.717, 1.165) is 6.26 Å². The molecular formula is C10H19N3O3S. The van der Waals surface area contributed by atoms with Gasteiger partial charge in [0.15, 0.2) is 15.7 Å². The van der Waals surface area contributed by atoms with Crippen molar-refractivity contribution in [3.63, 3.8) is 0 Å². The van der Waals surface area contributed by atoms with Gasteiger partial charge in [0.2, 0.25) is 5.89 Å². The van der Waals surface area contributed by atoms with Gasteiger partial charge < -0.3 is 9.84 Å². The Kier molecular flexibility index (Phi) is 4.26. The molecule has 98 valence electrons. The minimum atomic E-state index is -3.19. The zero-order chi connectivity index (χ0) is 13.2. The van der Waals surface area contributed by atoms with E-state index in [-0.39, 0.29) is 17.8 Å². The molecular weight excluding hydrogens is 242 g/mol. The summed E-state index contributed by atoms with van der Waals surface area (Å²) in [6.07, 6.45) is 1.16. The predicted octanol–water partition coefficient (Wildman–Crippen LogP) is 0.887. The van der Waals surface area contributed by atoms with Crippen LogP contribution in [-0.4, -0.2) is 37.9 Å². The van der Waals surface area contributed by atoms with Gasteiger partial charge in [0.1, 0.15) is 5.25 Å². The quantitative estimate of drug-likeness (QED) is 0.847. The number of hydrogen-bond acceptors (Lipinski definition) is 6. The van der Waals surface area contributed by atoms with Crippen molar-refractivity contribution in [1.82, 2.24) is 15.5 Å². The van der Waals surface area contributed by atoms with Crippen LogP contribution in [0.5, 0.6) is 0 Å². The van der Waals surface area contributed by atoms with Crippen molar-refractivity contribution < 1.29 is 12.9 Å². The molecule has 0 aliphatic rings. The second-order valence-electron chi connectivity index (χ2n) is 4.33. The molecule has 17 heavy (non-hydrogen) atoms. The summed E-state index contributed by atoms with van der Waals surface area (Å²) in [6, 6.07) is 0.178. The molecule has 1 rings (SSSR count). The molecule has 0 radical (unpaired) electrons. The molecule has 3 unspecified atom stereocenters. The molecule has 1 heterocycles. The average molecular weight is 261 g/mol. The van der Waals surface area contributed by atoms with Crippen LogP contribution in [0.4, 0.5) is 0 Å². The highest BCUT2D eigenvalue weighted by Gasteiger charge is 2.26. The molecule has 0 bridgehead atoms. The Morgan fingerprint density at radius 3 is 2.35 bits per heavy atom. The van der Waals surface area contributed by atoms with Gasteiger partial charge in [0.05, 0.1) is 5.92 Å². The Balaban J connectivity index is 2.93.